The van der Waals surface area contributed by atoms with Crippen molar-refractivity contribution in [1.29, 1.82) is 0 Å². The van der Waals surface area contributed by atoms with Gasteiger partial charge in [0.05, 0.1) is 0 Å². The Kier molecular flexibility index (Phi) is 2.51. The lowest BCUT2D eigenvalue weighted by atomic mass is 10.2. The lowest BCUT2D eigenvalue weighted by Gasteiger charge is -1.91. The van der Waals surface area contributed by atoms with Crippen molar-refractivity contribution in [2.75, 3.05) is 5.32 Å². The number of hydrogen-bond acceptors (Lipinski definition) is 4. The Morgan fingerprint density at radius 2 is 2.07 bits per heavy atom. The van der Waals surface area contributed by atoms with Crippen LogP contribution in [0.2, 0.25) is 0 Å². The van der Waals surface area contributed by atoms with E-state index in [1.54, 1.807) is 0 Å². The van der Waals surface area contributed by atoms with Crippen LogP contribution in [0.3, 0.4) is 0 Å². The van der Waals surface area contributed by atoms with Crippen molar-refractivity contribution in [1.82, 2.24) is 9.36 Å². The molecule has 1 amide bonds. The summed E-state index contributed by atoms with van der Waals surface area (Å²) in [6.45, 7) is 0. The van der Waals surface area contributed by atoms with Crippen LogP contribution in [0, 0.1) is 0 Å². The smallest absolute Gasteiger partial charge is 0.213 e. The first-order chi connectivity index (χ1) is 6.90. The molecule has 0 saturated heterocycles. The van der Waals surface area contributed by atoms with E-state index in [1.807, 2.05) is 30.3 Å². The molecule has 1 aromatic carbocycles. The third kappa shape index (κ3) is 1.77. The summed E-state index contributed by atoms with van der Waals surface area (Å²) in [5, 5.41) is 2.97. The standard InChI is InChI=1S/C9H7N3OS/c13-6-10-9-11-8(12-14-9)7-4-2-1-3-5-7/h1-6H,(H,10,11,12,13). The number of rotatable bonds is 3. The van der Waals surface area contributed by atoms with Crippen LogP contribution < -0.4 is 5.32 Å². The molecule has 0 atom stereocenters. The summed E-state index contributed by atoms with van der Waals surface area (Å²) in [6.07, 6.45) is 0.593. The van der Waals surface area contributed by atoms with Crippen LogP contribution in [0.5, 0.6) is 0 Å². The molecule has 0 aliphatic carbocycles. The van der Waals surface area contributed by atoms with E-state index in [1.165, 1.54) is 11.5 Å². The fraction of sp³-hybridized carbons (Fsp3) is 0. The summed E-state index contributed by atoms with van der Waals surface area (Å²) in [4.78, 5) is 14.3. The topological polar surface area (TPSA) is 54.9 Å². The van der Waals surface area contributed by atoms with E-state index in [9.17, 15) is 4.79 Å². The first-order valence-electron chi connectivity index (χ1n) is 3.99. The second-order valence-corrected chi connectivity index (χ2v) is 3.30. The van der Waals surface area contributed by atoms with Crippen molar-refractivity contribution in [2.24, 2.45) is 0 Å². The van der Waals surface area contributed by atoms with Crippen LogP contribution in [0.4, 0.5) is 5.13 Å². The number of hydrogen-bond donors (Lipinski definition) is 1. The van der Waals surface area contributed by atoms with E-state index < -0.39 is 0 Å². The van der Waals surface area contributed by atoms with Gasteiger partial charge in [-0.3, -0.25) is 4.79 Å². The molecule has 0 fully saturated rings. The summed E-state index contributed by atoms with van der Waals surface area (Å²) < 4.78 is 4.11. The molecule has 70 valence electrons. The summed E-state index contributed by atoms with van der Waals surface area (Å²) >= 11 is 1.17. The molecule has 4 nitrogen and oxygen atoms in total. The Hall–Kier alpha value is -1.75. The molecule has 0 saturated carbocycles. The van der Waals surface area contributed by atoms with E-state index >= 15 is 0 Å². The number of nitrogens with zero attached hydrogens (tertiary/aromatic N) is 2. The zero-order chi connectivity index (χ0) is 9.80. The lowest BCUT2D eigenvalue weighted by molar-refractivity contribution is -0.105. The van der Waals surface area contributed by atoms with Gasteiger partial charge in [0, 0.05) is 17.1 Å². The quantitative estimate of drug-likeness (QED) is 0.777. The number of nitrogens with one attached hydrogen (secondary N) is 1. The van der Waals surface area contributed by atoms with Crippen molar-refractivity contribution < 1.29 is 4.79 Å². The van der Waals surface area contributed by atoms with Crippen molar-refractivity contribution in [3.8, 4) is 11.4 Å². The van der Waals surface area contributed by atoms with Crippen molar-refractivity contribution >= 4 is 23.1 Å². The first kappa shape index (κ1) is 8.83. The largest absolute Gasteiger partial charge is 0.303 e. The normalized spacial score (nSPS) is 9.71. The molecule has 0 aliphatic rings. The van der Waals surface area contributed by atoms with Crippen LogP contribution in [0.1, 0.15) is 0 Å². The van der Waals surface area contributed by atoms with Crippen LogP contribution in [-0.4, -0.2) is 15.8 Å². The zero-order valence-electron chi connectivity index (χ0n) is 7.18. The number of carbonyl (C=O) groups is 1. The lowest BCUT2D eigenvalue weighted by Crippen LogP contribution is -1.91. The second-order valence-electron chi connectivity index (χ2n) is 2.55. The first-order valence-corrected chi connectivity index (χ1v) is 4.77. The van der Waals surface area contributed by atoms with Gasteiger partial charge in [0.15, 0.2) is 5.82 Å². The molecule has 2 rings (SSSR count). The molecule has 2 aromatic rings. The van der Waals surface area contributed by atoms with E-state index in [0.717, 1.165) is 5.56 Å². The van der Waals surface area contributed by atoms with Crippen molar-refractivity contribution in [2.45, 2.75) is 0 Å². The van der Waals surface area contributed by atoms with E-state index in [-0.39, 0.29) is 0 Å². The molecule has 0 bridgehead atoms. The minimum atomic E-state index is 0.513. The van der Waals surface area contributed by atoms with Gasteiger partial charge in [-0.2, -0.15) is 9.36 Å². The Morgan fingerprint density at radius 3 is 2.79 bits per heavy atom. The van der Waals surface area contributed by atoms with Crippen molar-refractivity contribution in [3.05, 3.63) is 30.3 Å². The van der Waals surface area contributed by atoms with Crippen LogP contribution in [-0.2, 0) is 4.79 Å². The molecule has 0 unspecified atom stereocenters. The fourth-order valence-corrected chi connectivity index (χ4v) is 1.58. The van der Waals surface area contributed by atoms with Gasteiger partial charge in [0.2, 0.25) is 11.5 Å². The number of amides is 1. The highest BCUT2D eigenvalue weighted by Gasteiger charge is 2.04. The fourth-order valence-electron chi connectivity index (χ4n) is 1.04. The van der Waals surface area contributed by atoms with Crippen LogP contribution >= 0.6 is 11.5 Å². The van der Waals surface area contributed by atoms with Gasteiger partial charge < -0.3 is 5.32 Å². The van der Waals surface area contributed by atoms with E-state index in [4.69, 9.17) is 0 Å². The van der Waals surface area contributed by atoms with Crippen molar-refractivity contribution in [3.63, 3.8) is 0 Å². The van der Waals surface area contributed by atoms with Gasteiger partial charge in [-0.15, -0.1) is 0 Å². The highest BCUT2D eigenvalue weighted by atomic mass is 32.1. The van der Waals surface area contributed by atoms with Gasteiger partial charge in [0.25, 0.3) is 0 Å². The predicted octanol–water partition coefficient (Wildman–Crippen LogP) is 1.77. The number of carbonyl (C=O) groups excluding carboxylic acids is 1. The Morgan fingerprint density at radius 1 is 1.29 bits per heavy atom. The Balaban J connectivity index is 2.29. The molecule has 14 heavy (non-hydrogen) atoms. The van der Waals surface area contributed by atoms with Gasteiger partial charge in [-0.25, -0.2) is 0 Å². The van der Waals surface area contributed by atoms with Gasteiger partial charge >= 0.3 is 0 Å². The molecular formula is C9H7N3OS. The Bertz CT molecular complexity index is 427. The number of anilines is 1. The average molecular weight is 205 g/mol. The molecule has 0 spiro atoms. The van der Waals surface area contributed by atoms with Crippen LogP contribution in [0.25, 0.3) is 11.4 Å². The monoisotopic (exact) mass is 205 g/mol. The number of aromatic nitrogens is 2. The highest BCUT2D eigenvalue weighted by molar-refractivity contribution is 7.10. The minimum Gasteiger partial charge on any atom is -0.303 e. The van der Waals surface area contributed by atoms with E-state index in [2.05, 4.69) is 14.7 Å². The summed E-state index contributed by atoms with van der Waals surface area (Å²) in [5.74, 6) is 0.639. The van der Waals surface area contributed by atoms with Crippen LogP contribution in [0.15, 0.2) is 30.3 Å². The SMILES string of the molecule is O=CNc1nc(-c2ccccc2)ns1. The maximum Gasteiger partial charge on any atom is 0.213 e. The Labute approximate surface area is 84.8 Å². The molecule has 1 aromatic heterocycles. The predicted molar refractivity (Wildman–Crippen MR) is 55.0 cm³/mol. The second kappa shape index (κ2) is 3.97. The maximum atomic E-state index is 10.1. The van der Waals surface area contributed by atoms with E-state index in [0.29, 0.717) is 17.4 Å². The third-order valence-corrected chi connectivity index (χ3v) is 2.29. The minimum absolute atomic E-state index is 0.513. The third-order valence-electron chi connectivity index (χ3n) is 1.64. The van der Waals surface area contributed by atoms with Gasteiger partial charge in [-0.1, -0.05) is 30.3 Å². The summed E-state index contributed by atoms with van der Waals surface area (Å²) in [6, 6.07) is 9.62. The molecular weight excluding hydrogens is 198 g/mol. The summed E-state index contributed by atoms with van der Waals surface area (Å²) in [5.41, 5.74) is 0.947. The molecule has 0 radical (unpaired) electrons. The maximum absolute atomic E-state index is 10.1. The van der Waals surface area contributed by atoms with Gasteiger partial charge in [0.1, 0.15) is 0 Å². The highest BCUT2D eigenvalue weighted by Crippen LogP contribution is 2.19. The summed E-state index contributed by atoms with van der Waals surface area (Å²) in [7, 11) is 0. The zero-order valence-corrected chi connectivity index (χ0v) is 7.99. The van der Waals surface area contributed by atoms with Gasteiger partial charge in [-0.05, 0) is 0 Å². The molecule has 0 aliphatic heterocycles. The average Bonchev–Trinajstić information content (AvgIpc) is 2.68. The molecule has 5 heteroatoms. The molecule has 1 N–H and O–H groups in total. The number of benzene rings is 1. The molecule has 1 heterocycles.